The molecular weight excluding hydrogens is 336 g/mol. The summed E-state index contributed by atoms with van der Waals surface area (Å²) in [6.45, 7) is 2.21. The largest absolute Gasteiger partial charge is 0.393 e. The van der Waals surface area contributed by atoms with Crippen LogP contribution in [0.5, 0.6) is 0 Å². The summed E-state index contributed by atoms with van der Waals surface area (Å²) >= 11 is 0. The van der Waals surface area contributed by atoms with Gasteiger partial charge in [0, 0.05) is 0 Å². The van der Waals surface area contributed by atoms with Crippen molar-refractivity contribution in [2.24, 2.45) is 11.8 Å². The van der Waals surface area contributed by atoms with Gasteiger partial charge in [-0.05, 0) is 68.8 Å². The highest BCUT2D eigenvalue weighted by atomic mass is 16.3. The van der Waals surface area contributed by atoms with Crippen molar-refractivity contribution in [3.8, 4) is 0 Å². The molecule has 3 N–H and O–H groups in total. The molecule has 3 nitrogen and oxygen atoms in total. The minimum atomic E-state index is -0.445. The van der Waals surface area contributed by atoms with Gasteiger partial charge in [0.25, 0.3) is 0 Å². The number of unbranched alkanes of at least 4 members (excludes halogenated alkanes) is 3. The van der Waals surface area contributed by atoms with E-state index in [1.54, 1.807) is 0 Å². The first-order valence-electron chi connectivity index (χ1n) is 10.8. The highest BCUT2D eigenvalue weighted by Gasteiger charge is 2.40. The van der Waals surface area contributed by atoms with Gasteiger partial charge < -0.3 is 15.3 Å². The lowest BCUT2D eigenvalue weighted by Gasteiger charge is -2.23. The molecule has 3 heteroatoms. The Kier molecular flexibility index (Phi) is 10.1. The molecule has 1 aliphatic rings. The zero-order valence-electron chi connectivity index (χ0n) is 16.8. The van der Waals surface area contributed by atoms with Gasteiger partial charge in [-0.1, -0.05) is 62.2 Å². The van der Waals surface area contributed by atoms with Gasteiger partial charge >= 0.3 is 0 Å². The molecule has 152 valence electrons. The number of hydrogen-bond donors (Lipinski definition) is 3. The van der Waals surface area contributed by atoms with Gasteiger partial charge in [-0.15, -0.1) is 0 Å². The molecule has 0 bridgehead atoms. The van der Waals surface area contributed by atoms with Gasteiger partial charge in [0.2, 0.25) is 0 Å². The summed E-state index contributed by atoms with van der Waals surface area (Å²) in [4.78, 5) is 0. The fourth-order valence-corrected chi connectivity index (χ4v) is 4.30. The third kappa shape index (κ3) is 7.77. The van der Waals surface area contributed by atoms with E-state index in [0.717, 1.165) is 32.1 Å². The first kappa shape index (κ1) is 22.1. The van der Waals surface area contributed by atoms with Gasteiger partial charge in [0.15, 0.2) is 0 Å². The van der Waals surface area contributed by atoms with E-state index in [0.29, 0.717) is 12.8 Å². The fraction of sp³-hybridized carbons (Fsp3) is 0.667. The molecule has 1 unspecified atom stereocenters. The molecule has 1 aliphatic carbocycles. The third-order valence-electron chi connectivity index (χ3n) is 6.01. The zero-order chi connectivity index (χ0) is 19.5. The van der Waals surface area contributed by atoms with Crippen LogP contribution >= 0.6 is 0 Å². The van der Waals surface area contributed by atoms with Crippen LogP contribution in [0.4, 0.5) is 0 Å². The van der Waals surface area contributed by atoms with Crippen LogP contribution in [0.2, 0.25) is 0 Å². The number of rotatable bonds is 12. The highest BCUT2D eigenvalue weighted by Crippen LogP contribution is 2.38. The van der Waals surface area contributed by atoms with Crippen molar-refractivity contribution in [1.29, 1.82) is 0 Å². The predicted octanol–water partition coefficient (Wildman–Crippen LogP) is 4.64. The molecule has 0 spiro atoms. The lowest BCUT2D eigenvalue weighted by atomic mass is 9.85. The van der Waals surface area contributed by atoms with Gasteiger partial charge in [-0.25, -0.2) is 0 Å². The van der Waals surface area contributed by atoms with Crippen molar-refractivity contribution < 1.29 is 15.3 Å². The Balaban J connectivity index is 1.74. The van der Waals surface area contributed by atoms with Crippen molar-refractivity contribution in [1.82, 2.24) is 0 Å². The lowest BCUT2D eigenvalue weighted by Crippen LogP contribution is -2.23. The van der Waals surface area contributed by atoms with Crippen molar-refractivity contribution >= 4 is 0 Å². The van der Waals surface area contributed by atoms with E-state index in [-0.39, 0.29) is 17.9 Å². The number of allylic oxidation sites excluding steroid dienone is 2. The Morgan fingerprint density at radius 3 is 2.48 bits per heavy atom. The fourth-order valence-electron chi connectivity index (χ4n) is 4.30. The van der Waals surface area contributed by atoms with Crippen LogP contribution < -0.4 is 0 Å². The van der Waals surface area contributed by atoms with E-state index in [4.69, 9.17) is 0 Å². The second-order valence-electron chi connectivity index (χ2n) is 8.16. The van der Waals surface area contributed by atoms with Crippen LogP contribution in [0.1, 0.15) is 70.3 Å². The van der Waals surface area contributed by atoms with Gasteiger partial charge in [0.1, 0.15) is 0 Å². The second-order valence-corrected chi connectivity index (χ2v) is 8.16. The van der Waals surface area contributed by atoms with Crippen molar-refractivity contribution in [3.05, 3.63) is 48.0 Å². The zero-order valence-corrected chi connectivity index (χ0v) is 16.8. The summed E-state index contributed by atoms with van der Waals surface area (Å²) in [6.07, 6.45) is 12.4. The van der Waals surface area contributed by atoms with E-state index < -0.39 is 12.2 Å². The molecule has 5 atom stereocenters. The molecule has 0 aromatic heterocycles. The Hall–Kier alpha value is -1.16. The molecular formula is C24H38O3. The maximum atomic E-state index is 10.4. The number of aliphatic hydroxyl groups is 3. The maximum Gasteiger partial charge on any atom is 0.0599 e. The summed E-state index contributed by atoms with van der Waals surface area (Å²) in [6, 6.07) is 10.2. The molecule has 0 amide bonds. The first-order valence-corrected chi connectivity index (χ1v) is 10.8. The number of benzene rings is 1. The quantitative estimate of drug-likeness (QED) is 0.369. The van der Waals surface area contributed by atoms with E-state index >= 15 is 0 Å². The highest BCUT2D eigenvalue weighted by molar-refractivity contribution is 5.14. The van der Waals surface area contributed by atoms with Gasteiger partial charge in [-0.2, -0.15) is 0 Å². The number of hydrogen-bond acceptors (Lipinski definition) is 3. The molecule has 0 saturated heterocycles. The number of aliphatic hydroxyl groups excluding tert-OH is 3. The van der Waals surface area contributed by atoms with Crippen molar-refractivity contribution in [2.45, 2.75) is 89.4 Å². The summed E-state index contributed by atoms with van der Waals surface area (Å²) in [5.41, 5.74) is 1.25. The average Bonchev–Trinajstić information content (AvgIpc) is 2.94. The van der Waals surface area contributed by atoms with Crippen LogP contribution in [0.15, 0.2) is 42.5 Å². The Bertz CT molecular complexity index is 528. The van der Waals surface area contributed by atoms with Crippen LogP contribution in [-0.2, 0) is 6.42 Å². The summed E-state index contributed by atoms with van der Waals surface area (Å²) in [5.74, 6) is 0.204. The second kappa shape index (κ2) is 12.3. The average molecular weight is 375 g/mol. The van der Waals surface area contributed by atoms with E-state index in [2.05, 4.69) is 31.2 Å². The third-order valence-corrected chi connectivity index (χ3v) is 6.01. The SMILES string of the molecule is CCCCC/C=C\C[C@@H]1C(CC[C@@H](O)CCc2ccccc2)[C@H](O)C[C@@H]1O. The van der Waals surface area contributed by atoms with E-state index in [1.807, 2.05) is 18.2 Å². The molecule has 1 saturated carbocycles. The smallest absolute Gasteiger partial charge is 0.0599 e. The Morgan fingerprint density at radius 1 is 1.00 bits per heavy atom. The summed E-state index contributed by atoms with van der Waals surface area (Å²) in [5, 5.41) is 31.0. The molecule has 1 aromatic rings. The monoisotopic (exact) mass is 374 g/mol. The van der Waals surface area contributed by atoms with Crippen LogP contribution in [0.3, 0.4) is 0 Å². The topological polar surface area (TPSA) is 60.7 Å². The van der Waals surface area contributed by atoms with Crippen molar-refractivity contribution in [3.63, 3.8) is 0 Å². The minimum Gasteiger partial charge on any atom is -0.393 e. The minimum absolute atomic E-state index is 0.0895. The standard InChI is InChI=1S/C24H38O3/c1-2-3-4-5-6-10-13-21-22(24(27)18-23(21)26)17-16-20(25)15-14-19-11-8-7-9-12-19/h6-12,20-27H,2-5,13-18H2,1H3/b10-6-/t20-,21+,22?,23-,24+/m0/s1. The van der Waals surface area contributed by atoms with Crippen LogP contribution in [-0.4, -0.2) is 33.6 Å². The molecule has 1 aromatic carbocycles. The molecule has 2 rings (SSSR count). The van der Waals surface area contributed by atoms with Crippen LogP contribution in [0.25, 0.3) is 0 Å². The van der Waals surface area contributed by atoms with E-state index in [9.17, 15) is 15.3 Å². The van der Waals surface area contributed by atoms with Crippen molar-refractivity contribution in [2.75, 3.05) is 0 Å². The molecule has 27 heavy (non-hydrogen) atoms. The predicted molar refractivity (Wildman–Crippen MR) is 112 cm³/mol. The van der Waals surface area contributed by atoms with Crippen LogP contribution in [0, 0.1) is 11.8 Å². The normalized spacial score (nSPS) is 26.7. The number of aryl methyl sites for hydroxylation is 1. The lowest BCUT2D eigenvalue weighted by molar-refractivity contribution is 0.0857. The molecule has 0 radical (unpaired) electrons. The first-order chi connectivity index (χ1) is 13.1. The Morgan fingerprint density at radius 2 is 1.74 bits per heavy atom. The molecule has 0 heterocycles. The molecule has 0 aliphatic heterocycles. The summed E-state index contributed by atoms with van der Waals surface area (Å²) in [7, 11) is 0. The maximum absolute atomic E-state index is 10.4. The Labute approximate surface area is 165 Å². The van der Waals surface area contributed by atoms with Gasteiger partial charge in [-0.3, -0.25) is 0 Å². The summed E-state index contributed by atoms with van der Waals surface area (Å²) < 4.78 is 0. The van der Waals surface area contributed by atoms with Gasteiger partial charge in [0.05, 0.1) is 18.3 Å². The molecule has 1 fully saturated rings. The van der Waals surface area contributed by atoms with E-state index in [1.165, 1.54) is 24.8 Å².